The summed E-state index contributed by atoms with van der Waals surface area (Å²) in [6.07, 6.45) is 1.79. The molecule has 0 aliphatic rings. The molecule has 1 aromatic heterocycles. The van der Waals surface area contributed by atoms with E-state index in [-0.39, 0.29) is 5.91 Å². The normalized spacial score (nSPS) is 9.85. The van der Waals surface area contributed by atoms with Gasteiger partial charge in [-0.15, -0.1) is 17.9 Å². The number of carbonyl (C=O) groups excluding carboxylic acids is 1. The standard InChI is InChI=1S/C9H12N2OS/c1-2-3-11-5-8-4-7(6-13-8)9(10)12/h2,4,6,11H,1,3,5H2,(H2,10,12). The van der Waals surface area contributed by atoms with Crippen LogP contribution < -0.4 is 11.1 Å². The van der Waals surface area contributed by atoms with Crippen molar-refractivity contribution in [2.75, 3.05) is 6.54 Å². The summed E-state index contributed by atoms with van der Waals surface area (Å²) >= 11 is 1.53. The van der Waals surface area contributed by atoms with Crippen molar-refractivity contribution < 1.29 is 4.79 Å². The molecule has 70 valence electrons. The minimum Gasteiger partial charge on any atom is -0.366 e. The molecule has 4 heteroatoms. The van der Waals surface area contributed by atoms with Gasteiger partial charge in [0.05, 0.1) is 5.56 Å². The predicted octanol–water partition coefficient (Wildman–Crippen LogP) is 1.12. The number of thiophene rings is 1. The second-order valence-electron chi connectivity index (χ2n) is 2.59. The van der Waals surface area contributed by atoms with Crippen LogP contribution in [0.5, 0.6) is 0 Å². The van der Waals surface area contributed by atoms with Crippen molar-refractivity contribution in [3.63, 3.8) is 0 Å². The molecule has 1 rings (SSSR count). The maximum absolute atomic E-state index is 10.7. The molecule has 3 N–H and O–H groups in total. The van der Waals surface area contributed by atoms with Crippen LogP contribution in [-0.2, 0) is 6.54 Å². The van der Waals surface area contributed by atoms with Gasteiger partial charge in [-0.2, -0.15) is 0 Å². The van der Waals surface area contributed by atoms with Gasteiger partial charge in [0.25, 0.3) is 0 Å². The van der Waals surface area contributed by atoms with Crippen LogP contribution >= 0.6 is 11.3 Å². The zero-order chi connectivity index (χ0) is 9.68. The molecule has 13 heavy (non-hydrogen) atoms. The summed E-state index contributed by atoms with van der Waals surface area (Å²) in [6.45, 7) is 5.11. The number of nitrogens with one attached hydrogen (secondary N) is 1. The van der Waals surface area contributed by atoms with Gasteiger partial charge >= 0.3 is 0 Å². The highest BCUT2D eigenvalue weighted by Gasteiger charge is 2.03. The first-order valence-corrected chi connectivity index (χ1v) is 4.81. The van der Waals surface area contributed by atoms with Gasteiger partial charge in [0.2, 0.25) is 5.91 Å². The van der Waals surface area contributed by atoms with E-state index in [1.807, 2.05) is 6.07 Å². The first-order chi connectivity index (χ1) is 6.24. The topological polar surface area (TPSA) is 55.1 Å². The largest absolute Gasteiger partial charge is 0.366 e. The summed E-state index contributed by atoms with van der Waals surface area (Å²) in [4.78, 5) is 11.8. The first kappa shape index (κ1) is 9.95. The summed E-state index contributed by atoms with van der Waals surface area (Å²) in [7, 11) is 0. The van der Waals surface area contributed by atoms with Crippen LogP contribution in [0.4, 0.5) is 0 Å². The van der Waals surface area contributed by atoms with Gasteiger partial charge < -0.3 is 11.1 Å². The molecule has 0 saturated heterocycles. The van der Waals surface area contributed by atoms with E-state index in [4.69, 9.17) is 5.73 Å². The monoisotopic (exact) mass is 196 g/mol. The van der Waals surface area contributed by atoms with Gasteiger partial charge in [0.1, 0.15) is 0 Å². The Hall–Kier alpha value is -1.13. The quantitative estimate of drug-likeness (QED) is 0.547. The number of hydrogen-bond acceptors (Lipinski definition) is 3. The van der Waals surface area contributed by atoms with E-state index < -0.39 is 0 Å². The van der Waals surface area contributed by atoms with Crippen LogP contribution in [0, 0.1) is 0 Å². The lowest BCUT2D eigenvalue weighted by Gasteiger charge is -1.96. The van der Waals surface area contributed by atoms with Crippen LogP contribution in [0.1, 0.15) is 15.2 Å². The zero-order valence-corrected chi connectivity index (χ0v) is 8.06. The Kier molecular flexibility index (Phi) is 3.67. The fourth-order valence-electron chi connectivity index (χ4n) is 0.900. The summed E-state index contributed by atoms with van der Waals surface area (Å²) in [6, 6.07) is 1.81. The van der Waals surface area contributed by atoms with Gasteiger partial charge in [-0.05, 0) is 6.07 Å². The minimum atomic E-state index is -0.369. The average molecular weight is 196 g/mol. The van der Waals surface area contributed by atoms with Crippen LogP contribution in [0.15, 0.2) is 24.1 Å². The molecule has 0 aliphatic heterocycles. The summed E-state index contributed by atoms with van der Waals surface area (Å²) in [5, 5.41) is 4.91. The molecular formula is C9H12N2OS. The molecule has 0 spiro atoms. The van der Waals surface area contributed by atoms with E-state index in [1.165, 1.54) is 11.3 Å². The van der Waals surface area contributed by atoms with Gasteiger partial charge in [-0.25, -0.2) is 0 Å². The van der Waals surface area contributed by atoms with Crippen molar-refractivity contribution in [3.05, 3.63) is 34.5 Å². The predicted molar refractivity (Wildman–Crippen MR) is 54.7 cm³/mol. The van der Waals surface area contributed by atoms with E-state index in [0.717, 1.165) is 18.0 Å². The SMILES string of the molecule is C=CCNCc1cc(C(N)=O)cs1. The highest BCUT2D eigenvalue weighted by molar-refractivity contribution is 7.10. The van der Waals surface area contributed by atoms with Crippen LogP contribution in [0.2, 0.25) is 0 Å². The fourth-order valence-corrected chi connectivity index (χ4v) is 1.74. The Bertz CT molecular complexity index is 306. The number of hydrogen-bond donors (Lipinski definition) is 2. The number of carbonyl (C=O) groups is 1. The number of primary amides is 1. The fraction of sp³-hybridized carbons (Fsp3) is 0.222. The van der Waals surface area contributed by atoms with Gasteiger partial charge in [-0.1, -0.05) is 6.08 Å². The third-order valence-corrected chi connectivity index (χ3v) is 2.46. The molecule has 0 aliphatic carbocycles. The summed E-state index contributed by atoms with van der Waals surface area (Å²) in [5.41, 5.74) is 5.70. The van der Waals surface area contributed by atoms with Crippen molar-refractivity contribution in [2.24, 2.45) is 5.73 Å². The van der Waals surface area contributed by atoms with E-state index in [9.17, 15) is 4.79 Å². The highest BCUT2D eigenvalue weighted by atomic mass is 32.1. The van der Waals surface area contributed by atoms with Gasteiger partial charge in [0.15, 0.2) is 0 Å². The minimum absolute atomic E-state index is 0.369. The third-order valence-electron chi connectivity index (χ3n) is 1.53. The van der Waals surface area contributed by atoms with Crippen LogP contribution in [0.25, 0.3) is 0 Å². The molecule has 0 bridgehead atoms. The van der Waals surface area contributed by atoms with Gasteiger partial charge in [-0.3, -0.25) is 4.79 Å². The molecule has 1 aromatic rings. The smallest absolute Gasteiger partial charge is 0.249 e. The molecule has 0 saturated carbocycles. The summed E-state index contributed by atoms with van der Waals surface area (Å²) < 4.78 is 0. The molecule has 0 aromatic carbocycles. The second kappa shape index (κ2) is 4.79. The van der Waals surface area contributed by atoms with Crippen molar-refractivity contribution in [1.82, 2.24) is 5.32 Å². The lowest BCUT2D eigenvalue weighted by Crippen LogP contribution is -2.12. The lowest BCUT2D eigenvalue weighted by atomic mass is 10.3. The highest BCUT2D eigenvalue weighted by Crippen LogP contribution is 2.13. The molecule has 1 heterocycles. The van der Waals surface area contributed by atoms with Gasteiger partial charge in [0, 0.05) is 23.3 Å². The third kappa shape index (κ3) is 3.01. The molecule has 0 fully saturated rings. The maximum Gasteiger partial charge on any atom is 0.249 e. The average Bonchev–Trinajstić information content (AvgIpc) is 2.53. The van der Waals surface area contributed by atoms with E-state index >= 15 is 0 Å². The van der Waals surface area contributed by atoms with Crippen molar-refractivity contribution >= 4 is 17.2 Å². The van der Waals surface area contributed by atoms with E-state index in [0.29, 0.717) is 5.56 Å². The number of nitrogens with two attached hydrogens (primary N) is 1. The van der Waals surface area contributed by atoms with Crippen molar-refractivity contribution in [3.8, 4) is 0 Å². The zero-order valence-electron chi connectivity index (χ0n) is 7.25. The Labute approximate surface area is 81.3 Å². The summed E-state index contributed by atoms with van der Waals surface area (Å²) in [5.74, 6) is -0.369. The molecule has 3 nitrogen and oxygen atoms in total. The lowest BCUT2D eigenvalue weighted by molar-refractivity contribution is 0.100. The Morgan fingerprint density at radius 2 is 2.54 bits per heavy atom. The second-order valence-corrected chi connectivity index (χ2v) is 3.58. The number of rotatable bonds is 5. The van der Waals surface area contributed by atoms with Crippen LogP contribution in [-0.4, -0.2) is 12.5 Å². The molecule has 0 radical (unpaired) electrons. The van der Waals surface area contributed by atoms with Crippen molar-refractivity contribution in [1.29, 1.82) is 0 Å². The Morgan fingerprint density at radius 3 is 3.08 bits per heavy atom. The molecule has 0 unspecified atom stereocenters. The first-order valence-electron chi connectivity index (χ1n) is 3.93. The van der Waals surface area contributed by atoms with Crippen molar-refractivity contribution in [2.45, 2.75) is 6.54 Å². The molecular weight excluding hydrogens is 184 g/mol. The van der Waals surface area contributed by atoms with Crippen LogP contribution in [0.3, 0.4) is 0 Å². The Morgan fingerprint density at radius 1 is 1.77 bits per heavy atom. The van der Waals surface area contributed by atoms with E-state index in [2.05, 4.69) is 11.9 Å². The van der Waals surface area contributed by atoms with E-state index in [1.54, 1.807) is 11.5 Å². The number of amides is 1. The molecule has 1 amide bonds. The Balaban J connectivity index is 2.49. The maximum atomic E-state index is 10.7. The molecule has 0 atom stereocenters.